The van der Waals surface area contributed by atoms with Crippen molar-refractivity contribution in [1.82, 2.24) is 0 Å². The van der Waals surface area contributed by atoms with E-state index in [9.17, 15) is 0 Å². The first kappa shape index (κ1) is 23.2. The van der Waals surface area contributed by atoms with Gasteiger partial charge in [0.25, 0.3) is 14.1 Å². The van der Waals surface area contributed by atoms with E-state index in [0.29, 0.717) is 7.92 Å². The first-order valence-electron chi connectivity index (χ1n) is 12.6. The summed E-state index contributed by atoms with van der Waals surface area (Å²) < 4.78 is 0. The monoisotopic (exact) mass is 394 g/mol. The van der Waals surface area contributed by atoms with Gasteiger partial charge in [-0.2, -0.15) is 0 Å². The molecule has 0 unspecified atom stereocenters. The van der Waals surface area contributed by atoms with Crippen molar-refractivity contribution in [2.75, 3.05) is 0 Å². The summed E-state index contributed by atoms with van der Waals surface area (Å²) in [7, 11) is 0.385. The second-order valence-electron chi connectivity index (χ2n) is 9.41. The highest BCUT2D eigenvalue weighted by molar-refractivity contribution is 7.60. The quantitative estimate of drug-likeness (QED) is 0.311. The van der Waals surface area contributed by atoms with Crippen molar-refractivity contribution in [3.8, 4) is 0 Å². The summed E-state index contributed by atoms with van der Waals surface area (Å²) in [5, 5.41) is 4.48. The van der Waals surface area contributed by atoms with Gasteiger partial charge in [-0.3, -0.25) is 0 Å². The van der Waals surface area contributed by atoms with Crippen LogP contribution >= 0.6 is 7.92 Å². The molecule has 0 nitrogen and oxygen atoms in total. The Hall–Kier alpha value is 0.962. The zero-order valence-corrected chi connectivity index (χ0v) is 20.5. The maximum atomic E-state index is 2.32. The third-order valence-electron chi connectivity index (χ3n) is 7.72. The molecule has 0 radical (unpaired) electrons. The van der Waals surface area contributed by atoms with E-state index >= 15 is 0 Å². The van der Waals surface area contributed by atoms with E-state index in [2.05, 4.69) is 20.8 Å². The van der Waals surface area contributed by atoms with Gasteiger partial charge in [0.05, 0.1) is 0 Å². The third kappa shape index (κ3) is 7.77. The molecule has 3 saturated carbocycles. The normalized spacial score (nSPS) is 23.5. The van der Waals surface area contributed by atoms with Crippen LogP contribution in [0.3, 0.4) is 0 Å². The maximum Gasteiger partial charge on any atom is 0.261 e. The van der Waals surface area contributed by atoms with Crippen molar-refractivity contribution in [2.45, 2.75) is 150 Å². The zero-order valence-electron chi connectivity index (χ0n) is 18.5. The van der Waals surface area contributed by atoms with Gasteiger partial charge >= 0.3 is 0 Å². The van der Waals surface area contributed by atoms with Crippen LogP contribution in [0.2, 0.25) is 15.8 Å². The van der Waals surface area contributed by atoms with E-state index in [1.807, 2.05) is 0 Å². The van der Waals surface area contributed by atoms with Gasteiger partial charge < -0.3 is 0 Å². The van der Waals surface area contributed by atoms with Gasteiger partial charge in [-0.15, -0.1) is 0 Å². The second-order valence-corrected chi connectivity index (χ2v) is 16.7. The molecule has 0 aromatic heterocycles. The fraction of sp³-hybridized carbons (Fsp3) is 1.00. The Morgan fingerprint density at radius 2 is 0.769 bits per heavy atom. The highest BCUT2D eigenvalue weighted by Gasteiger charge is 2.36. The molecule has 0 aromatic carbocycles. The second kappa shape index (κ2) is 14.0. The minimum absolute atomic E-state index is 0.171. The van der Waals surface area contributed by atoms with Crippen LogP contribution in [-0.2, 0) is 0 Å². The van der Waals surface area contributed by atoms with Crippen LogP contribution in [0.4, 0.5) is 0 Å². The van der Waals surface area contributed by atoms with Gasteiger partial charge in [0.1, 0.15) is 0 Å². The molecule has 3 aliphatic carbocycles. The predicted octanol–water partition coefficient (Wildman–Crippen LogP) is 9.01. The van der Waals surface area contributed by atoms with E-state index in [1.165, 1.54) is 52.1 Å². The topological polar surface area (TPSA) is 0 Å². The van der Waals surface area contributed by atoms with Crippen molar-refractivity contribution in [3.63, 3.8) is 0 Å². The Kier molecular flexibility index (Phi) is 12.5. The van der Waals surface area contributed by atoms with Gasteiger partial charge in [0.2, 0.25) is 0 Å². The van der Waals surface area contributed by atoms with Crippen molar-refractivity contribution in [2.24, 2.45) is 0 Å². The van der Waals surface area contributed by atoms with Crippen LogP contribution in [0.1, 0.15) is 117 Å². The highest BCUT2D eigenvalue weighted by atomic mass is 31.1. The summed E-state index contributed by atoms with van der Waals surface area (Å²) in [5.74, 6) is 0. The van der Waals surface area contributed by atoms with E-state index in [-0.39, 0.29) is 14.1 Å². The van der Waals surface area contributed by atoms with Gasteiger partial charge in [-0.05, 0) is 55.5 Å². The summed E-state index contributed by atoms with van der Waals surface area (Å²) in [6.07, 6.45) is 23.6. The molecule has 0 N–H and O–H groups in total. The molecule has 2 heteroatoms. The van der Waals surface area contributed by atoms with Crippen LogP contribution in [0.5, 0.6) is 0 Å². The zero-order chi connectivity index (χ0) is 18.6. The molecule has 0 atom stereocenters. The molecule has 3 fully saturated rings. The fourth-order valence-electron chi connectivity index (χ4n) is 5.90. The Balaban J connectivity index is 0.000000298. The third-order valence-corrected chi connectivity index (χ3v) is 15.3. The molecule has 0 heterocycles. The van der Waals surface area contributed by atoms with Crippen molar-refractivity contribution in [3.05, 3.63) is 0 Å². The molecule has 0 bridgehead atoms. The molecule has 0 saturated heterocycles. The molecular formula is C24H48AlP. The number of hydrogen-bond acceptors (Lipinski definition) is 0. The molecular weight excluding hydrogens is 346 g/mol. The lowest BCUT2D eigenvalue weighted by Crippen LogP contribution is -2.28. The van der Waals surface area contributed by atoms with E-state index in [1.54, 1.807) is 77.0 Å². The molecule has 0 spiro atoms. The molecule has 3 rings (SSSR count). The van der Waals surface area contributed by atoms with Crippen LogP contribution in [0.25, 0.3) is 0 Å². The summed E-state index contributed by atoms with van der Waals surface area (Å²) >= 11 is -0.171. The highest BCUT2D eigenvalue weighted by Crippen LogP contribution is 2.61. The molecule has 0 aliphatic heterocycles. The van der Waals surface area contributed by atoms with Crippen molar-refractivity contribution < 1.29 is 0 Å². The Bertz CT molecular complexity index is 275. The Morgan fingerprint density at radius 3 is 0.962 bits per heavy atom. The first-order valence-corrected chi connectivity index (χ1v) is 16.6. The Labute approximate surface area is 171 Å². The van der Waals surface area contributed by atoms with Crippen LogP contribution < -0.4 is 0 Å². The molecule has 26 heavy (non-hydrogen) atoms. The van der Waals surface area contributed by atoms with Gasteiger partial charge in [-0.1, -0.05) is 102 Å². The smallest absolute Gasteiger partial charge is 0.0971 e. The van der Waals surface area contributed by atoms with Crippen LogP contribution in [-0.4, -0.2) is 31.1 Å². The van der Waals surface area contributed by atoms with Crippen LogP contribution in [0, 0.1) is 0 Å². The molecule has 152 valence electrons. The maximum absolute atomic E-state index is 2.32. The summed E-state index contributed by atoms with van der Waals surface area (Å²) in [6, 6.07) is 0. The fourth-order valence-corrected chi connectivity index (χ4v) is 12.3. The van der Waals surface area contributed by atoms with Gasteiger partial charge in [-0.25, -0.2) is 0 Å². The lowest BCUT2D eigenvalue weighted by Gasteiger charge is -2.44. The average Bonchev–Trinajstić information content (AvgIpc) is 2.72. The first-order chi connectivity index (χ1) is 12.8. The minimum Gasteiger partial charge on any atom is -0.0971 e. The van der Waals surface area contributed by atoms with E-state index in [0.717, 1.165) is 0 Å². The summed E-state index contributed by atoms with van der Waals surface area (Å²) in [6.45, 7) is 6.97. The summed E-state index contributed by atoms with van der Waals surface area (Å²) in [5.41, 5.74) is 3.57. The Morgan fingerprint density at radius 1 is 0.500 bits per heavy atom. The van der Waals surface area contributed by atoms with E-state index in [4.69, 9.17) is 0 Å². The molecule has 3 aliphatic rings. The predicted molar refractivity (Wildman–Crippen MR) is 125 cm³/mol. The van der Waals surface area contributed by atoms with E-state index < -0.39 is 0 Å². The number of rotatable bonds is 6. The van der Waals surface area contributed by atoms with Gasteiger partial charge in [0, 0.05) is 0 Å². The minimum atomic E-state index is -0.171. The average molecular weight is 395 g/mol. The largest absolute Gasteiger partial charge is 0.261 e. The van der Waals surface area contributed by atoms with Crippen molar-refractivity contribution >= 4 is 22.1 Å². The lowest BCUT2D eigenvalue weighted by atomic mass is 9.99. The standard InChI is InChI=1S/C18H33P.3C2H5.Al/c1-4-10-16(11-5-1)19(17-12-6-2-7-13-17)18-14-8-3-9-15-18;3*1-2;/h16-18H,1-15H2;3*1H2,2H3;. The van der Waals surface area contributed by atoms with Crippen LogP contribution in [0.15, 0.2) is 0 Å². The SMILES string of the molecule is C1CCC(P(C2CCCCC2)C2CCCCC2)CC1.C[CH2][Al]([CH2]C)[CH2]C. The summed E-state index contributed by atoms with van der Waals surface area (Å²) in [4.78, 5) is 0. The lowest BCUT2D eigenvalue weighted by molar-refractivity contribution is 0.460. The number of hydrogen-bond donors (Lipinski definition) is 0. The van der Waals surface area contributed by atoms with Crippen molar-refractivity contribution in [1.29, 1.82) is 0 Å². The van der Waals surface area contributed by atoms with Gasteiger partial charge in [0.15, 0.2) is 0 Å². The molecule has 0 aromatic rings. The molecule has 0 amide bonds.